The number of ether oxygens (including phenoxy) is 1. The van der Waals surface area contributed by atoms with Crippen molar-refractivity contribution in [3.8, 4) is 0 Å². The Bertz CT molecular complexity index is 458. The van der Waals surface area contributed by atoms with Gasteiger partial charge in [-0.2, -0.15) is 0 Å². The van der Waals surface area contributed by atoms with Gasteiger partial charge in [-0.15, -0.1) is 0 Å². The number of hydrogen-bond acceptors (Lipinski definition) is 2. The van der Waals surface area contributed by atoms with E-state index in [1.54, 1.807) is 0 Å². The second-order valence-corrected chi connectivity index (χ2v) is 6.12. The smallest absolute Gasteiger partial charge is 0.223 e. The van der Waals surface area contributed by atoms with Crippen molar-refractivity contribution < 1.29 is 9.53 Å². The van der Waals surface area contributed by atoms with Crippen molar-refractivity contribution in [3.05, 3.63) is 35.4 Å². The van der Waals surface area contributed by atoms with E-state index in [0.717, 1.165) is 26.1 Å². The summed E-state index contributed by atoms with van der Waals surface area (Å²) in [4.78, 5) is 12.4. The topological polar surface area (TPSA) is 38.3 Å². The summed E-state index contributed by atoms with van der Waals surface area (Å²) < 4.78 is 5.33. The van der Waals surface area contributed by atoms with Crippen LogP contribution in [-0.2, 0) is 9.53 Å². The van der Waals surface area contributed by atoms with E-state index in [-0.39, 0.29) is 17.9 Å². The average molecular weight is 273 g/mol. The van der Waals surface area contributed by atoms with Gasteiger partial charge in [-0.25, -0.2) is 0 Å². The molecule has 1 unspecified atom stereocenters. The number of amides is 1. The number of carbonyl (C=O) groups is 1. The Morgan fingerprint density at radius 3 is 2.40 bits per heavy atom. The highest BCUT2D eigenvalue weighted by Gasteiger charge is 2.34. The van der Waals surface area contributed by atoms with Gasteiger partial charge in [0.25, 0.3) is 0 Å². The van der Waals surface area contributed by atoms with E-state index in [1.807, 2.05) is 0 Å². The summed E-state index contributed by atoms with van der Waals surface area (Å²) in [6, 6.07) is 8.77. The molecule has 1 saturated heterocycles. The zero-order valence-corrected chi connectivity index (χ0v) is 12.1. The SMILES string of the molecule is Cc1ccc(C(NC(=O)C2CCOCC2)C2CC2)cc1. The molecule has 1 aromatic carbocycles. The van der Waals surface area contributed by atoms with Crippen LogP contribution in [0.1, 0.15) is 42.9 Å². The van der Waals surface area contributed by atoms with E-state index in [0.29, 0.717) is 5.92 Å². The molecule has 3 rings (SSSR count). The molecule has 1 N–H and O–H groups in total. The molecular formula is C17H23NO2. The van der Waals surface area contributed by atoms with Crippen LogP contribution in [0.3, 0.4) is 0 Å². The first-order chi connectivity index (χ1) is 9.74. The van der Waals surface area contributed by atoms with Gasteiger partial charge < -0.3 is 10.1 Å². The van der Waals surface area contributed by atoms with Crippen LogP contribution >= 0.6 is 0 Å². The lowest BCUT2D eigenvalue weighted by atomic mass is 9.96. The maximum atomic E-state index is 12.4. The summed E-state index contributed by atoms with van der Waals surface area (Å²) in [6.45, 7) is 3.53. The highest BCUT2D eigenvalue weighted by molar-refractivity contribution is 5.79. The van der Waals surface area contributed by atoms with Crippen LogP contribution in [0.4, 0.5) is 0 Å². The lowest BCUT2D eigenvalue weighted by molar-refractivity contribution is -0.128. The molecule has 0 spiro atoms. The molecule has 3 heteroatoms. The molecule has 2 fully saturated rings. The van der Waals surface area contributed by atoms with Crippen molar-refractivity contribution in [2.75, 3.05) is 13.2 Å². The predicted molar refractivity (Wildman–Crippen MR) is 78.3 cm³/mol. The maximum Gasteiger partial charge on any atom is 0.223 e. The van der Waals surface area contributed by atoms with Gasteiger partial charge in [-0.1, -0.05) is 29.8 Å². The third kappa shape index (κ3) is 3.21. The molecule has 1 aliphatic carbocycles. The molecule has 0 bridgehead atoms. The van der Waals surface area contributed by atoms with Gasteiger partial charge in [0.1, 0.15) is 0 Å². The van der Waals surface area contributed by atoms with E-state index in [9.17, 15) is 4.79 Å². The minimum absolute atomic E-state index is 0.135. The third-order valence-electron chi connectivity index (χ3n) is 4.42. The zero-order valence-electron chi connectivity index (χ0n) is 12.1. The molecule has 20 heavy (non-hydrogen) atoms. The molecule has 0 radical (unpaired) electrons. The lowest BCUT2D eigenvalue weighted by Crippen LogP contribution is -2.37. The summed E-state index contributed by atoms with van der Waals surface area (Å²) in [5, 5.41) is 3.29. The summed E-state index contributed by atoms with van der Waals surface area (Å²) >= 11 is 0. The van der Waals surface area contributed by atoms with Crippen molar-refractivity contribution in [2.24, 2.45) is 11.8 Å². The van der Waals surface area contributed by atoms with Gasteiger partial charge in [0.15, 0.2) is 0 Å². The summed E-state index contributed by atoms with van der Waals surface area (Å²) in [5.74, 6) is 0.975. The standard InChI is InChI=1S/C17H23NO2/c1-12-2-4-13(5-3-12)16(14-6-7-14)18-17(19)15-8-10-20-11-9-15/h2-5,14-16H,6-11H2,1H3,(H,18,19). The molecule has 0 aromatic heterocycles. The number of rotatable bonds is 4. The number of nitrogens with one attached hydrogen (secondary N) is 1. The lowest BCUT2D eigenvalue weighted by Gasteiger charge is -2.25. The van der Waals surface area contributed by atoms with Crippen LogP contribution < -0.4 is 5.32 Å². The first kappa shape index (κ1) is 13.6. The van der Waals surface area contributed by atoms with Crippen LogP contribution in [0, 0.1) is 18.8 Å². The van der Waals surface area contributed by atoms with Crippen molar-refractivity contribution in [1.82, 2.24) is 5.32 Å². The normalized spacial score (nSPS) is 21.4. The third-order valence-corrected chi connectivity index (χ3v) is 4.42. The number of hydrogen-bond donors (Lipinski definition) is 1. The highest BCUT2D eigenvalue weighted by Crippen LogP contribution is 2.41. The summed E-state index contributed by atoms with van der Waals surface area (Å²) in [7, 11) is 0. The highest BCUT2D eigenvalue weighted by atomic mass is 16.5. The van der Waals surface area contributed by atoms with E-state index >= 15 is 0 Å². The molecule has 1 amide bonds. The molecule has 1 saturated carbocycles. The zero-order chi connectivity index (χ0) is 13.9. The van der Waals surface area contributed by atoms with Crippen molar-refractivity contribution in [2.45, 2.75) is 38.6 Å². The van der Waals surface area contributed by atoms with Gasteiger partial charge >= 0.3 is 0 Å². The Labute approximate surface area is 120 Å². The van der Waals surface area contributed by atoms with Crippen LogP contribution in [-0.4, -0.2) is 19.1 Å². The van der Waals surface area contributed by atoms with E-state index in [2.05, 4.69) is 36.5 Å². The minimum atomic E-state index is 0.135. The number of benzene rings is 1. The van der Waals surface area contributed by atoms with Crippen LogP contribution in [0.25, 0.3) is 0 Å². The van der Waals surface area contributed by atoms with Gasteiger partial charge in [-0.3, -0.25) is 4.79 Å². The Morgan fingerprint density at radius 1 is 1.15 bits per heavy atom. The molecule has 2 aliphatic rings. The minimum Gasteiger partial charge on any atom is -0.381 e. The molecule has 1 aromatic rings. The summed E-state index contributed by atoms with van der Waals surface area (Å²) in [5.41, 5.74) is 2.51. The van der Waals surface area contributed by atoms with E-state index < -0.39 is 0 Å². The van der Waals surface area contributed by atoms with Gasteiger partial charge in [0, 0.05) is 19.1 Å². The fourth-order valence-electron chi connectivity index (χ4n) is 2.91. The maximum absolute atomic E-state index is 12.4. The Kier molecular flexibility index (Phi) is 4.06. The first-order valence-electron chi connectivity index (χ1n) is 7.69. The monoisotopic (exact) mass is 273 g/mol. The summed E-state index contributed by atoms with van der Waals surface area (Å²) in [6.07, 6.45) is 4.17. The second kappa shape index (κ2) is 5.96. The Hall–Kier alpha value is -1.35. The molecule has 3 nitrogen and oxygen atoms in total. The molecular weight excluding hydrogens is 250 g/mol. The van der Waals surface area contributed by atoms with E-state index in [4.69, 9.17) is 4.74 Å². The fourth-order valence-corrected chi connectivity index (χ4v) is 2.91. The van der Waals surface area contributed by atoms with Crippen LogP contribution in [0.2, 0.25) is 0 Å². The van der Waals surface area contributed by atoms with Crippen molar-refractivity contribution in [1.29, 1.82) is 0 Å². The number of carbonyl (C=O) groups excluding carboxylic acids is 1. The van der Waals surface area contributed by atoms with Crippen molar-refractivity contribution >= 4 is 5.91 Å². The second-order valence-electron chi connectivity index (χ2n) is 6.12. The Balaban J connectivity index is 1.68. The average Bonchev–Trinajstić information content (AvgIpc) is 3.31. The molecule has 1 heterocycles. The van der Waals surface area contributed by atoms with Gasteiger partial charge in [0.05, 0.1) is 6.04 Å². The fraction of sp³-hybridized carbons (Fsp3) is 0.588. The van der Waals surface area contributed by atoms with E-state index in [1.165, 1.54) is 24.0 Å². The molecule has 1 aliphatic heterocycles. The molecule has 108 valence electrons. The Morgan fingerprint density at radius 2 is 1.80 bits per heavy atom. The molecule has 1 atom stereocenters. The predicted octanol–water partition coefficient (Wildman–Crippen LogP) is 2.99. The largest absolute Gasteiger partial charge is 0.381 e. The quantitative estimate of drug-likeness (QED) is 0.916. The van der Waals surface area contributed by atoms with Gasteiger partial charge in [0.2, 0.25) is 5.91 Å². The number of aryl methyl sites for hydroxylation is 1. The van der Waals surface area contributed by atoms with Crippen molar-refractivity contribution in [3.63, 3.8) is 0 Å². The van der Waals surface area contributed by atoms with Crippen LogP contribution in [0.15, 0.2) is 24.3 Å². The van der Waals surface area contributed by atoms with Crippen LogP contribution in [0.5, 0.6) is 0 Å². The van der Waals surface area contributed by atoms with Gasteiger partial charge in [-0.05, 0) is 44.1 Å². The first-order valence-corrected chi connectivity index (χ1v) is 7.69.